The quantitative estimate of drug-likeness (QED) is 0.532. The molecule has 22 heavy (non-hydrogen) atoms. The van der Waals surface area contributed by atoms with Gasteiger partial charge in [-0.05, 0) is 25.8 Å². The van der Waals surface area contributed by atoms with Crippen LogP contribution in [-0.4, -0.2) is 69.6 Å². The van der Waals surface area contributed by atoms with Crippen molar-refractivity contribution in [3.8, 4) is 0 Å². The summed E-state index contributed by atoms with van der Waals surface area (Å²) in [6.07, 6.45) is 2.97. The van der Waals surface area contributed by atoms with Gasteiger partial charge in [-0.15, -0.1) is 0 Å². The molecule has 2 heterocycles. The largest absolute Gasteiger partial charge is 0.469 e. The number of piperidine rings is 1. The summed E-state index contributed by atoms with van der Waals surface area (Å²) in [5, 5.41) is 2.84. The monoisotopic (exact) mass is 314 g/mol. The number of nitrogens with one attached hydrogen (secondary N) is 1. The van der Waals surface area contributed by atoms with Crippen LogP contribution < -0.4 is 5.32 Å². The molecule has 2 aliphatic heterocycles. The maximum Gasteiger partial charge on any atom is 0.305 e. The zero-order chi connectivity index (χ0) is 15.8. The molecule has 7 heteroatoms. The second-order valence-corrected chi connectivity index (χ2v) is 5.78. The minimum absolute atomic E-state index is 0.00113. The Kier molecular flexibility index (Phi) is 7.08. The molecule has 0 aromatic rings. The van der Waals surface area contributed by atoms with E-state index >= 15 is 0 Å². The van der Waals surface area contributed by atoms with Crippen LogP contribution in [0.1, 0.15) is 25.7 Å². The first-order chi connectivity index (χ1) is 10.7. The summed E-state index contributed by atoms with van der Waals surface area (Å²) < 4.78 is 15.7. The Balaban J connectivity index is 1.62. The van der Waals surface area contributed by atoms with Crippen molar-refractivity contribution in [1.82, 2.24) is 10.2 Å². The molecule has 0 bridgehead atoms. The number of hydrogen-bond acceptors (Lipinski definition) is 6. The van der Waals surface area contributed by atoms with Gasteiger partial charge in [-0.25, -0.2) is 0 Å². The number of carbonyl (C=O) groups is 2. The highest BCUT2D eigenvalue weighted by Gasteiger charge is 2.31. The average molecular weight is 314 g/mol. The minimum Gasteiger partial charge on any atom is -0.469 e. The average Bonchev–Trinajstić information content (AvgIpc) is 3.06. The van der Waals surface area contributed by atoms with Gasteiger partial charge >= 0.3 is 5.97 Å². The van der Waals surface area contributed by atoms with Gasteiger partial charge in [0.05, 0.1) is 26.9 Å². The van der Waals surface area contributed by atoms with Crippen molar-refractivity contribution in [1.29, 1.82) is 0 Å². The van der Waals surface area contributed by atoms with Gasteiger partial charge in [-0.3, -0.25) is 14.5 Å². The summed E-state index contributed by atoms with van der Waals surface area (Å²) in [4.78, 5) is 25.0. The van der Waals surface area contributed by atoms with Gasteiger partial charge in [0, 0.05) is 25.4 Å². The van der Waals surface area contributed by atoms with E-state index in [-0.39, 0.29) is 18.2 Å². The number of rotatable bonds is 7. The van der Waals surface area contributed by atoms with Crippen LogP contribution in [0.5, 0.6) is 0 Å². The van der Waals surface area contributed by atoms with Crippen LogP contribution in [-0.2, 0) is 23.8 Å². The maximum absolute atomic E-state index is 11.9. The van der Waals surface area contributed by atoms with Gasteiger partial charge in [0.15, 0.2) is 6.29 Å². The number of likely N-dealkylation sites (tertiary alicyclic amines) is 1. The van der Waals surface area contributed by atoms with E-state index < -0.39 is 0 Å². The number of hydrogen-bond donors (Lipinski definition) is 1. The normalized spacial score (nSPS) is 23.4. The molecule has 0 spiro atoms. The molecule has 0 saturated carbocycles. The highest BCUT2D eigenvalue weighted by Crippen LogP contribution is 2.24. The second kappa shape index (κ2) is 9.07. The topological polar surface area (TPSA) is 77.1 Å². The van der Waals surface area contributed by atoms with Gasteiger partial charge in [0.2, 0.25) is 5.91 Å². The zero-order valence-electron chi connectivity index (χ0n) is 13.2. The van der Waals surface area contributed by atoms with Crippen LogP contribution in [0.4, 0.5) is 0 Å². The Morgan fingerprint density at radius 1 is 1.32 bits per heavy atom. The number of esters is 1. The van der Waals surface area contributed by atoms with Crippen molar-refractivity contribution in [2.75, 3.05) is 46.5 Å². The highest BCUT2D eigenvalue weighted by molar-refractivity contribution is 5.78. The molecule has 2 rings (SSSR count). The summed E-state index contributed by atoms with van der Waals surface area (Å²) in [5.41, 5.74) is 0. The lowest BCUT2D eigenvalue weighted by Gasteiger charge is -2.34. The Morgan fingerprint density at radius 2 is 2.09 bits per heavy atom. The predicted octanol–water partition coefficient (Wildman–Crippen LogP) is 0.141. The fraction of sp³-hybridized carbons (Fsp3) is 0.867. The fourth-order valence-corrected chi connectivity index (χ4v) is 2.93. The van der Waals surface area contributed by atoms with E-state index in [4.69, 9.17) is 9.47 Å². The van der Waals surface area contributed by atoms with Gasteiger partial charge in [-0.1, -0.05) is 0 Å². The van der Waals surface area contributed by atoms with E-state index in [1.54, 1.807) is 0 Å². The molecule has 1 amide bonds. The Morgan fingerprint density at radius 3 is 2.82 bits per heavy atom. The number of amides is 1. The predicted molar refractivity (Wildman–Crippen MR) is 79.1 cm³/mol. The standard InChI is InChI=1S/C15H26N2O5/c1-20-14(19)5-2-6-16-13(18)11-17-7-3-4-12(10-17)15-21-8-9-22-15/h12,15H,2-11H2,1H3,(H,16,18). The van der Waals surface area contributed by atoms with Gasteiger partial charge in [0.25, 0.3) is 0 Å². The molecule has 1 atom stereocenters. The SMILES string of the molecule is COC(=O)CCCNC(=O)CN1CCCC(C2OCCO2)C1. The van der Waals surface area contributed by atoms with Gasteiger partial charge in [0.1, 0.15) is 0 Å². The van der Waals surface area contributed by atoms with Crippen LogP contribution in [0.3, 0.4) is 0 Å². The van der Waals surface area contributed by atoms with Gasteiger partial charge < -0.3 is 19.5 Å². The molecular formula is C15H26N2O5. The van der Waals surface area contributed by atoms with E-state index in [0.717, 1.165) is 25.9 Å². The third-order valence-electron chi connectivity index (χ3n) is 4.05. The molecule has 0 aromatic heterocycles. The summed E-state index contributed by atoms with van der Waals surface area (Å²) in [5.74, 6) is 0.104. The molecule has 1 unspecified atom stereocenters. The molecular weight excluding hydrogens is 288 g/mol. The van der Waals surface area contributed by atoms with Crippen LogP contribution in [0, 0.1) is 5.92 Å². The van der Waals surface area contributed by atoms with Gasteiger partial charge in [-0.2, -0.15) is 0 Å². The van der Waals surface area contributed by atoms with E-state index in [1.165, 1.54) is 7.11 Å². The first kappa shape index (κ1) is 17.2. The molecule has 0 radical (unpaired) electrons. The van der Waals surface area contributed by atoms with E-state index in [0.29, 0.717) is 45.1 Å². The first-order valence-corrected chi connectivity index (χ1v) is 7.98. The molecule has 1 N–H and O–H groups in total. The van der Waals surface area contributed by atoms with Crippen molar-refractivity contribution in [3.05, 3.63) is 0 Å². The maximum atomic E-state index is 11.9. The zero-order valence-corrected chi connectivity index (χ0v) is 13.2. The van der Waals surface area contributed by atoms with Crippen LogP contribution >= 0.6 is 0 Å². The Bertz CT molecular complexity index is 371. The number of nitrogens with zero attached hydrogens (tertiary/aromatic N) is 1. The minimum atomic E-state index is -0.246. The second-order valence-electron chi connectivity index (χ2n) is 5.78. The number of carbonyl (C=O) groups excluding carboxylic acids is 2. The van der Waals surface area contributed by atoms with E-state index in [1.807, 2.05) is 0 Å². The van der Waals surface area contributed by atoms with Crippen molar-refractivity contribution in [2.24, 2.45) is 5.92 Å². The molecule has 2 saturated heterocycles. The van der Waals surface area contributed by atoms with E-state index in [2.05, 4.69) is 15.0 Å². The Labute approximate surface area is 131 Å². The molecule has 2 aliphatic rings. The fourth-order valence-electron chi connectivity index (χ4n) is 2.93. The lowest BCUT2D eigenvalue weighted by Crippen LogP contribution is -2.45. The summed E-state index contributed by atoms with van der Waals surface area (Å²) in [6, 6.07) is 0. The number of ether oxygens (including phenoxy) is 3. The number of methoxy groups -OCH3 is 1. The van der Waals surface area contributed by atoms with Crippen LogP contribution in [0.2, 0.25) is 0 Å². The van der Waals surface area contributed by atoms with Crippen molar-refractivity contribution >= 4 is 11.9 Å². The molecule has 0 aromatic carbocycles. The summed E-state index contributed by atoms with van der Waals surface area (Å²) >= 11 is 0. The molecule has 7 nitrogen and oxygen atoms in total. The lowest BCUT2D eigenvalue weighted by atomic mass is 9.97. The first-order valence-electron chi connectivity index (χ1n) is 7.98. The smallest absolute Gasteiger partial charge is 0.305 e. The third-order valence-corrected chi connectivity index (χ3v) is 4.05. The Hall–Kier alpha value is -1.18. The van der Waals surface area contributed by atoms with Crippen molar-refractivity contribution in [3.63, 3.8) is 0 Å². The summed E-state index contributed by atoms with van der Waals surface area (Å²) in [7, 11) is 1.37. The molecule has 2 fully saturated rings. The third kappa shape index (κ3) is 5.55. The molecule has 0 aliphatic carbocycles. The van der Waals surface area contributed by atoms with E-state index in [9.17, 15) is 9.59 Å². The van der Waals surface area contributed by atoms with Crippen molar-refractivity contribution < 1.29 is 23.8 Å². The lowest BCUT2D eigenvalue weighted by molar-refractivity contribution is -0.140. The highest BCUT2D eigenvalue weighted by atomic mass is 16.7. The summed E-state index contributed by atoms with van der Waals surface area (Å²) in [6.45, 7) is 3.99. The van der Waals surface area contributed by atoms with Crippen LogP contribution in [0.25, 0.3) is 0 Å². The molecule has 126 valence electrons. The van der Waals surface area contributed by atoms with Crippen LogP contribution in [0.15, 0.2) is 0 Å². The van der Waals surface area contributed by atoms with Crippen molar-refractivity contribution in [2.45, 2.75) is 32.0 Å².